The van der Waals surface area contributed by atoms with E-state index < -0.39 is 0 Å². The fourth-order valence-electron chi connectivity index (χ4n) is 3.31. The minimum Gasteiger partial charge on any atom is -0.497 e. The van der Waals surface area contributed by atoms with Crippen LogP contribution in [0.25, 0.3) is 11.3 Å². The van der Waals surface area contributed by atoms with E-state index in [4.69, 9.17) is 14.2 Å². The molecule has 0 spiro atoms. The molecule has 1 aromatic carbocycles. The molecule has 3 rings (SSSR count). The van der Waals surface area contributed by atoms with Gasteiger partial charge in [0.2, 0.25) is 5.91 Å². The number of nitrogens with zero attached hydrogens (tertiary/aromatic N) is 4. The van der Waals surface area contributed by atoms with E-state index in [1.54, 1.807) is 21.3 Å². The summed E-state index contributed by atoms with van der Waals surface area (Å²) in [5.74, 6) is 2.32. The first-order chi connectivity index (χ1) is 14.7. The molecule has 2 aromatic rings. The summed E-state index contributed by atoms with van der Waals surface area (Å²) in [5, 5.41) is 11.9. The largest absolute Gasteiger partial charge is 0.497 e. The maximum atomic E-state index is 12.3. The van der Waals surface area contributed by atoms with E-state index in [9.17, 15) is 4.79 Å². The average molecular weight is 415 g/mol. The molecule has 0 radical (unpaired) electrons. The molecule has 30 heavy (non-hydrogen) atoms. The number of ether oxygens (including phenoxy) is 3. The summed E-state index contributed by atoms with van der Waals surface area (Å²) >= 11 is 0. The Morgan fingerprint density at radius 2 is 1.83 bits per heavy atom. The summed E-state index contributed by atoms with van der Waals surface area (Å²) in [5.41, 5.74) is 1.59. The van der Waals surface area contributed by atoms with E-state index in [1.807, 2.05) is 35.2 Å². The van der Waals surface area contributed by atoms with Crippen molar-refractivity contribution in [1.29, 1.82) is 0 Å². The lowest BCUT2D eigenvalue weighted by molar-refractivity contribution is -0.130. The molecule has 1 N–H and O–H groups in total. The van der Waals surface area contributed by atoms with Crippen LogP contribution in [0.3, 0.4) is 0 Å². The average Bonchev–Trinajstić information content (AvgIpc) is 2.81. The highest BCUT2D eigenvalue weighted by atomic mass is 16.5. The summed E-state index contributed by atoms with van der Waals surface area (Å²) in [6.45, 7) is 4.39. The lowest BCUT2D eigenvalue weighted by Gasteiger charge is -2.35. The van der Waals surface area contributed by atoms with Crippen LogP contribution in [0.1, 0.15) is 0 Å². The third kappa shape index (κ3) is 5.37. The molecule has 1 aliphatic heterocycles. The lowest BCUT2D eigenvalue weighted by atomic mass is 10.1. The van der Waals surface area contributed by atoms with Crippen molar-refractivity contribution in [2.75, 3.05) is 72.1 Å². The zero-order valence-electron chi connectivity index (χ0n) is 17.8. The molecule has 1 amide bonds. The summed E-state index contributed by atoms with van der Waals surface area (Å²) in [4.78, 5) is 16.3. The maximum Gasteiger partial charge on any atom is 0.236 e. The number of anilines is 1. The normalized spacial score (nSPS) is 14.0. The Hall–Kier alpha value is -2.91. The first kappa shape index (κ1) is 21.8. The summed E-state index contributed by atoms with van der Waals surface area (Å²) in [7, 11) is 4.88. The van der Waals surface area contributed by atoms with Crippen LogP contribution >= 0.6 is 0 Å². The van der Waals surface area contributed by atoms with E-state index in [-0.39, 0.29) is 5.91 Å². The van der Waals surface area contributed by atoms with Crippen molar-refractivity contribution in [2.45, 2.75) is 0 Å². The predicted molar refractivity (Wildman–Crippen MR) is 114 cm³/mol. The van der Waals surface area contributed by atoms with E-state index in [0.717, 1.165) is 35.9 Å². The number of carbonyl (C=O) groups excluding carboxylic acids is 1. The van der Waals surface area contributed by atoms with Gasteiger partial charge in [-0.05, 0) is 24.3 Å². The highest BCUT2D eigenvalue weighted by Gasteiger charge is 2.22. The Morgan fingerprint density at radius 1 is 1.03 bits per heavy atom. The number of hydrogen-bond acceptors (Lipinski definition) is 8. The molecule has 9 nitrogen and oxygen atoms in total. The van der Waals surface area contributed by atoms with Crippen LogP contribution in [-0.2, 0) is 9.53 Å². The van der Waals surface area contributed by atoms with E-state index in [1.165, 1.54) is 0 Å². The quantitative estimate of drug-likeness (QED) is 0.608. The van der Waals surface area contributed by atoms with Gasteiger partial charge in [0.25, 0.3) is 0 Å². The smallest absolute Gasteiger partial charge is 0.236 e. The van der Waals surface area contributed by atoms with E-state index in [0.29, 0.717) is 38.5 Å². The molecule has 162 valence electrons. The van der Waals surface area contributed by atoms with Crippen molar-refractivity contribution >= 4 is 11.7 Å². The van der Waals surface area contributed by atoms with Gasteiger partial charge in [-0.3, -0.25) is 4.79 Å². The molecule has 0 unspecified atom stereocenters. The number of hydrogen-bond donors (Lipinski definition) is 1. The minimum atomic E-state index is 0.110. The number of piperazine rings is 1. The maximum absolute atomic E-state index is 12.3. The van der Waals surface area contributed by atoms with Crippen molar-refractivity contribution in [1.82, 2.24) is 20.4 Å². The van der Waals surface area contributed by atoms with Gasteiger partial charge in [-0.25, -0.2) is 0 Å². The first-order valence-electron chi connectivity index (χ1n) is 9.94. The standard InChI is InChI=1S/C21H29N5O4/c1-28-13-8-22-15-21(27)26-11-9-25(10-12-26)20-7-6-18(23-24-20)17-5-4-16(29-2)14-19(17)30-3/h4-7,14,22H,8-13,15H2,1-3H3. The third-order valence-electron chi connectivity index (χ3n) is 5.05. The molecule has 0 atom stereocenters. The van der Waals surface area contributed by atoms with Crippen LogP contribution in [0.15, 0.2) is 30.3 Å². The minimum absolute atomic E-state index is 0.110. The van der Waals surface area contributed by atoms with Crippen LogP contribution in [0, 0.1) is 0 Å². The highest BCUT2D eigenvalue weighted by Crippen LogP contribution is 2.32. The zero-order valence-corrected chi connectivity index (χ0v) is 17.8. The van der Waals surface area contributed by atoms with Crippen molar-refractivity contribution in [3.8, 4) is 22.8 Å². The lowest BCUT2D eigenvalue weighted by Crippen LogP contribution is -2.51. The highest BCUT2D eigenvalue weighted by molar-refractivity contribution is 5.78. The number of amides is 1. The second-order valence-electron chi connectivity index (χ2n) is 6.88. The van der Waals surface area contributed by atoms with Gasteiger partial charge in [-0.1, -0.05) is 0 Å². The van der Waals surface area contributed by atoms with E-state index in [2.05, 4.69) is 20.4 Å². The fourth-order valence-corrected chi connectivity index (χ4v) is 3.31. The van der Waals surface area contributed by atoms with Gasteiger partial charge in [-0.15, -0.1) is 10.2 Å². The van der Waals surface area contributed by atoms with Gasteiger partial charge in [0.15, 0.2) is 5.82 Å². The molecular weight excluding hydrogens is 386 g/mol. The number of methoxy groups -OCH3 is 3. The molecule has 1 fully saturated rings. The van der Waals surface area contributed by atoms with Crippen molar-refractivity contribution in [2.24, 2.45) is 0 Å². The zero-order chi connectivity index (χ0) is 21.3. The van der Waals surface area contributed by atoms with Crippen LogP contribution in [-0.4, -0.2) is 88.2 Å². The molecule has 1 saturated heterocycles. The Bertz CT molecular complexity index is 823. The molecular formula is C21H29N5O4. The van der Waals surface area contributed by atoms with E-state index >= 15 is 0 Å². The molecule has 1 aromatic heterocycles. The van der Waals surface area contributed by atoms with Gasteiger partial charge >= 0.3 is 0 Å². The first-order valence-corrected chi connectivity index (χ1v) is 9.94. The van der Waals surface area contributed by atoms with Crippen molar-refractivity contribution < 1.29 is 19.0 Å². The number of rotatable bonds is 9. The van der Waals surface area contributed by atoms with Gasteiger partial charge in [0.05, 0.1) is 33.1 Å². The Labute approximate surface area is 176 Å². The number of benzene rings is 1. The second kappa shape index (κ2) is 10.7. The Kier molecular flexibility index (Phi) is 7.81. The summed E-state index contributed by atoms with van der Waals surface area (Å²) in [6.07, 6.45) is 0. The molecule has 0 aliphatic carbocycles. The SMILES string of the molecule is COCCNCC(=O)N1CCN(c2ccc(-c3ccc(OC)cc3OC)nn2)CC1. The Balaban J connectivity index is 1.57. The number of aromatic nitrogens is 2. The van der Waals surface area contributed by atoms with Crippen molar-refractivity contribution in [3.63, 3.8) is 0 Å². The summed E-state index contributed by atoms with van der Waals surface area (Å²) in [6, 6.07) is 9.49. The topological polar surface area (TPSA) is 89.1 Å². The summed E-state index contributed by atoms with van der Waals surface area (Å²) < 4.78 is 15.7. The van der Waals surface area contributed by atoms with Gasteiger partial charge in [0, 0.05) is 51.5 Å². The number of carbonyl (C=O) groups is 1. The van der Waals surface area contributed by atoms with Gasteiger partial charge in [0.1, 0.15) is 11.5 Å². The fraction of sp³-hybridized carbons (Fsp3) is 0.476. The van der Waals surface area contributed by atoms with Crippen LogP contribution in [0.4, 0.5) is 5.82 Å². The predicted octanol–water partition coefficient (Wildman–Crippen LogP) is 1.05. The molecule has 0 bridgehead atoms. The van der Waals surface area contributed by atoms with Gasteiger partial charge in [-0.2, -0.15) is 0 Å². The molecule has 9 heteroatoms. The van der Waals surface area contributed by atoms with Crippen LogP contribution < -0.4 is 19.7 Å². The van der Waals surface area contributed by atoms with Crippen LogP contribution in [0.2, 0.25) is 0 Å². The Morgan fingerprint density at radius 3 is 2.47 bits per heavy atom. The van der Waals surface area contributed by atoms with Gasteiger partial charge < -0.3 is 29.3 Å². The third-order valence-corrected chi connectivity index (χ3v) is 5.05. The second-order valence-corrected chi connectivity index (χ2v) is 6.88. The molecule has 2 heterocycles. The molecule has 1 aliphatic rings. The monoisotopic (exact) mass is 415 g/mol. The van der Waals surface area contributed by atoms with Crippen molar-refractivity contribution in [3.05, 3.63) is 30.3 Å². The molecule has 0 saturated carbocycles. The van der Waals surface area contributed by atoms with Crippen LogP contribution in [0.5, 0.6) is 11.5 Å². The number of nitrogens with one attached hydrogen (secondary N) is 1.